The summed E-state index contributed by atoms with van der Waals surface area (Å²) in [6.45, 7) is 3.43. The van der Waals surface area contributed by atoms with Crippen LogP contribution >= 0.6 is 0 Å². The molecule has 0 radical (unpaired) electrons. The first-order valence-electron chi connectivity index (χ1n) is 9.72. The molecule has 5 rings (SSSR count). The van der Waals surface area contributed by atoms with Gasteiger partial charge in [0.2, 0.25) is 0 Å². The van der Waals surface area contributed by atoms with Crippen LogP contribution < -0.4 is 15.0 Å². The number of aryl methyl sites for hydroxylation is 1. The number of aliphatic hydroxyl groups excluding tert-OH is 1. The Morgan fingerprint density at radius 2 is 2.19 bits per heavy atom. The maximum atomic E-state index is 9.89. The lowest BCUT2D eigenvalue weighted by Crippen LogP contribution is -2.45. The number of benzene rings is 2. The molecule has 0 aromatic heterocycles. The van der Waals surface area contributed by atoms with E-state index in [1.54, 1.807) is 7.11 Å². The standard InChI is InChI=1S/C22H26N2O2/c1-26-17-4-5-18(16(10-17)13-25)15-9-14-3-2-8-24-21-6-7-23-12-20(21)19(11-15)22(14)24/h4-5,9-11,20-21,23,25H,2-3,6-8,12-13H2,1H3/t20-,21-/m0/s1. The van der Waals surface area contributed by atoms with Gasteiger partial charge in [-0.3, -0.25) is 0 Å². The maximum Gasteiger partial charge on any atom is 0.119 e. The van der Waals surface area contributed by atoms with Crippen LogP contribution in [0.1, 0.15) is 35.4 Å². The van der Waals surface area contributed by atoms with E-state index in [0.717, 1.165) is 36.4 Å². The van der Waals surface area contributed by atoms with Gasteiger partial charge in [-0.2, -0.15) is 0 Å². The van der Waals surface area contributed by atoms with E-state index in [1.807, 2.05) is 12.1 Å². The van der Waals surface area contributed by atoms with Gasteiger partial charge in [0.15, 0.2) is 0 Å². The lowest BCUT2D eigenvalue weighted by Gasteiger charge is -2.36. The van der Waals surface area contributed by atoms with E-state index in [1.165, 1.54) is 41.8 Å². The Morgan fingerprint density at radius 3 is 3.04 bits per heavy atom. The van der Waals surface area contributed by atoms with Crippen LogP contribution in [-0.2, 0) is 13.0 Å². The van der Waals surface area contributed by atoms with Gasteiger partial charge in [-0.1, -0.05) is 6.07 Å². The smallest absolute Gasteiger partial charge is 0.119 e. The zero-order valence-electron chi connectivity index (χ0n) is 15.3. The molecule has 0 amide bonds. The molecular formula is C22H26N2O2. The third-order valence-electron chi connectivity index (χ3n) is 6.39. The van der Waals surface area contributed by atoms with Crippen LogP contribution in [0.15, 0.2) is 30.3 Å². The highest BCUT2D eigenvalue weighted by Gasteiger charge is 2.42. The van der Waals surface area contributed by atoms with E-state index >= 15 is 0 Å². The summed E-state index contributed by atoms with van der Waals surface area (Å²) in [5.74, 6) is 1.38. The van der Waals surface area contributed by atoms with E-state index in [-0.39, 0.29) is 6.61 Å². The summed E-state index contributed by atoms with van der Waals surface area (Å²) in [4.78, 5) is 2.68. The van der Waals surface area contributed by atoms with Crippen molar-refractivity contribution >= 4 is 5.69 Å². The maximum absolute atomic E-state index is 9.89. The van der Waals surface area contributed by atoms with Crippen molar-refractivity contribution in [3.05, 3.63) is 47.0 Å². The topological polar surface area (TPSA) is 44.7 Å². The average molecular weight is 350 g/mol. The molecule has 4 heteroatoms. The third-order valence-corrected chi connectivity index (χ3v) is 6.39. The van der Waals surface area contributed by atoms with Crippen LogP contribution in [0.25, 0.3) is 11.1 Å². The number of ether oxygens (including phenoxy) is 1. The van der Waals surface area contributed by atoms with Gasteiger partial charge in [0.25, 0.3) is 0 Å². The molecule has 2 aromatic carbocycles. The molecule has 3 heterocycles. The Morgan fingerprint density at radius 1 is 1.27 bits per heavy atom. The minimum Gasteiger partial charge on any atom is -0.497 e. The van der Waals surface area contributed by atoms with Gasteiger partial charge in [-0.15, -0.1) is 0 Å². The van der Waals surface area contributed by atoms with Crippen LogP contribution in [0.4, 0.5) is 5.69 Å². The second-order valence-corrected chi connectivity index (χ2v) is 7.72. The fraction of sp³-hybridized carbons (Fsp3) is 0.455. The lowest BCUT2D eigenvalue weighted by molar-refractivity contribution is 0.281. The Hall–Kier alpha value is -2.04. The molecule has 0 unspecified atom stereocenters. The molecule has 0 spiro atoms. The first-order chi connectivity index (χ1) is 12.8. The highest BCUT2D eigenvalue weighted by Crippen LogP contribution is 2.49. The number of hydrogen-bond acceptors (Lipinski definition) is 4. The second kappa shape index (κ2) is 6.29. The fourth-order valence-corrected chi connectivity index (χ4v) is 5.23. The number of nitrogens with zero attached hydrogens (tertiary/aromatic N) is 1. The number of anilines is 1. The molecule has 2 aromatic rings. The van der Waals surface area contributed by atoms with Crippen LogP contribution in [0.2, 0.25) is 0 Å². The summed E-state index contributed by atoms with van der Waals surface area (Å²) in [6, 6.07) is 11.4. The molecule has 26 heavy (non-hydrogen) atoms. The molecule has 0 aliphatic carbocycles. The first kappa shape index (κ1) is 16.2. The normalized spacial score (nSPS) is 23.5. The SMILES string of the molecule is COc1ccc(-c2cc3c4c(c2)[C@@H]2CNCC[C@@H]2N4CCC3)c(CO)c1. The zero-order valence-corrected chi connectivity index (χ0v) is 15.3. The van der Waals surface area contributed by atoms with Gasteiger partial charge < -0.3 is 20.1 Å². The Labute approximate surface area is 154 Å². The van der Waals surface area contributed by atoms with E-state index in [0.29, 0.717) is 12.0 Å². The second-order valence-electron chi connectivity index (χ2n) is 7.72. The lowest BCUT2D eigenvalue weighted by atomic mass is 9.87. The zero-order chi connectivity index (χ0) is 17.7. The number of rotatable bonds is 3. The molecule has 136 valence electrons. The minimum atomic E-state index is 0.0265. The van der Waals surface area contributed by atoms with Crippen LogP contribution in [0, 0.1) is 0 Å². The molecule has 1 fully saturated rings. The summed E-state index contributed by atoms with van der Waals surface area (Å²) in [6.07, 6.45) is 3.63. The molecule has 3 aliphatic rings. The minimum absolute atomic E-state index is 0.0265. The molecule has 0 saturated carbocycles. The molecule has 2 atom stereocenters. The quantitative estimate of drug-likeness (QED) is 0.893. The van der Waals surface area contributed by atoms with Crippen molar-refractivity contribution in [1.82, 2.24) is 5.32 Å². The first-order valence-corrected chi connectivity index (χ1v) is 9.72. The molecule has 4 nitrogen and oxygen atoms in total. The van der Waals surface area contributed by atoms with Gasteiger partial charge >= 0.3 is 0 Å². The van der Waals surface area contributed by atoms with Crippen LogP contribution in [-0.4, -0.2) is 37.9 Å². The predicted molar refractivity (Wildman–Crippen MR) is 104 cm³/mol. The Bertz CT molecular complexity index is 848. The molecular weight excluding hydrogens is 324 g/mol. The number of nitrogens with one attached hydrogen (secondary N) is 1. The van der Waals surface area contributed by atoms with Crippen molar-refractivity contribution in [2.24, 2.45) is 0 Å². The van der Waals surface area contributed by atoms with E-state index in [9.17, 15) is 5.11 Å². The highest BCUT2D eigenvalue weighted by atomic mass is 16.5. The average Bonchev–Trinajstić information content (AvgIpc) is 3.03. The van der Waals surface area contributed by atoms with Crippen molar-refractivity contribution in [3.8, 4) is 16.9 Å². The monoisotopic (exact) mass is 350 g/mol. The van der Waals surface area contributed by atoms with E-state index < -0.39 is 0 Å². The summed E-state index contributed by atoms with van der Waals surface area (Å²) in [7, 11) is 1.67. The number of aliphatic hydroxyl groups is 1. The number of piperidine rings is 1. The fourth-order valence-electron chi connectivity index (χ4n) is 5.23. The van der Waals surface area contributed by atoms with Gasteiger partial charge in [0.1, 0.15) is 5.75 Å². The van der Waals surface area contributed by atoms with Gasteiger partial charge in [0, 0.05) is 30.7 Å². The van der Waals surface area contributed by atoms with Gasteiger partial charge in [-0.25, -0.2) is 0 Å². The molecule has 1 saturated heterocycles. The summed E-state index contributed by atoms with van der Waals surface area (Å²) in [5.41, 5.74) is 7.79. The number of fused-ring (bicyclic) bond motifs is 3. The van der Waals surface area contributed by atoms with Crippen LogP contribution in [0.5, 0.6) is 5.75 Å². The van der Waals surface area contributed by atoms with E-state index in [4.69, 9.17) is 4.74 Å². The van der Waals surface area contributed by atoms with Crippen molar-refractivity contribution in [3.63, 3.8) is 0 Å². The van der Waals surface area contributed by atoms with Gasteiger partial charge in [-0.05, 0) is 77.9 Å². The molecule has 3 aliphatic heterocycles. The van der Waals surface area contributed by atoms with E-state index in [2.05, 4.69) is 28.4 Å². The summed E-state index contributed by atoms with van der Waals surface area (Å²) < 4.78 is 5.33. The molecule has 2 N–H and O–H groups in total. The third kappa shape index (κ3) is 2.36. The molecule has 0 bridgehead atoms. The predicted octanol–water partition coefficient (Wildman–Crippen LogP) is 3.07. The largest absolute Gasteiger partial charge is 0.497 e. The van der Waals surface area contributed by atoms with Gasteiger partial charge in [0.05, 0.1) is 13.7 Å². The summed E-state index contributed by atoms with van der Waals surface area (Å²) >= 11 is 0. The van der Waals surface area contributed by atoms with Crippen molar-refractivity contribution in [1.29, 1.82) is 0 Å². The van der Waals surface area contributed by atoms with Crippen LogP contribution in [0.3, 0.4) is 0 Å². The summed E-state index contributed by atoms with van der Waals surface area (Å²) in [5, 5.41) is 13.5. The Kier molecular flexibility index (Phi) is 3.91. The number of methoxy groups -OCH3 is 1. The van der Waals surface area contributed by atoms with Crippen molar-refractivity contribution < 1.29 is 9.84 Å². The highest BCUT2D eigenvalue weighted by molar-refractivity contribution is 5.78. The Balaban J connectivity index is 1.65. The van der Waals surface area contributed by atoms with Crippen molar-refractivity contribution in [2.75, 3.05) is 31.6 Å². The number of hydrogen-bond donors (Lipinski definition) is 2. The van der Waals surface area contributed by atoms with Crippen molar-refractivity contribution in [2.45, 2.75) is 37.8 Å².